The van der Waals surface area contributed by atoms with E-state index < -0.39 is 80.7 Å². The Labute approximate surface area is 236 Å². The van der Waals surface area contributed by atoms with Crippen LogP contribution in [-0.4, -0.2) is 135 Å². The van der Waals surface area contributed by atoms with Crippen molar-refractivity contribution in [1.29, 1.82) is 0 Å². The first-order valence-corrected chi connectivity index (χ1v) is 14.8. The predicted octanol–water partition coefficient (Wildman–Crippen LogP) is -1.08. The van der Waals surface area contributed by atoms with E-state index in [2.05, 4.69) is 17.2 Å². The number of nitrogens with zero attached hydrogens (tertiary/aromatic N) is 1. The summed E-state index contributed by atoms with van der Waals surface area (Å²) < 4.78 is 22.4. The number of aliphatic imine (C=N–C) groups is 1. The molecule has 0 aliphatic carbocycles. The summed E-state index contributed by atoms with van der Waals surface area (Å²) in [5.41, 5.74) is 0. The zero-order chi connectivity index (χ0) is 29.1. The normalized spacial score (nSPS) is 38.6. The number of amidine groups is 1. The summed E-state index contributed by atoms with van der Waals surface area (Å²) in [4.78, 5) is 4.55. The van der Waals surface area contributed by atoms with Crippen LogP contribution in [0.3, 0.4) is 0 Å². The van der Waals surface area contributed by atoms with Gasteiger partial charge in [0, 0.05) is 13.0 Å². The molecule has 13 heteroatoms. The van der Waals surface area contributed by atoms with Crippen molar-refractivity contribution in [3.63, 3.8) is 0 Å². The van der Waals surface area contributed by atoms with Crippen LogP contribution >= 0.6 is 0 Å². The minimum atomic E-state index is -1.72. The minimum Gasteiger partial charge on any atom is -0.394 e. The van der Waals surface area contributed by atoms with Gasteiger partial charge in [-0.25, -0.2) is 0 Å². The monoisotopic (exact) mass is 578 g/mol. The van der Waals surface area contributed by atoms with E-state index in [0.29, 0.717) is 13.1 Å². The van der Waals surface area contributed by atoms with Gasteiger partial charge in [-0.2, -0.15) is 0 Å². The lowest BCUT2D eigenvalue weighted by Crippen LogP contribution is -2.65. The maximum absolute atomic E-state index is 10.8. The maximum atomic E-state index is 10.8. The van der Waals surface area contributed by atoms with E-state index in [1.54, 1.807) is 0 Å². The van der Waals surface area contributed by atoms with E-state index in [4.69, 9.17) is 18.9 Å². The quantitative estimate of drug-likeness (QED) is 0.103. The number of aliphatic hydroxyl groups excluding tert-OH is 7. The van der Waals surface area contributed by atoms with Crippen molar-refractivity contribution in [2.24, 2.45) is 4.99 Å². The van der Waals surface area contributed by atoms with Gasteiger partial charge >= 0.3 is 0 Å². The second-order valence-corrected chi connectivity index (χ2v) is 11.0. The summed E-state index contributed by atoms with van der Waals surface area (Å²) in [6.45, 7) is 1.76. The second kappa shape index (κ2) is 17.2. The Bertz CT molecular complexity index is 743. The molecular formula is C27H50N2O11. The summed E-state index contributed by atoms with van der Waals surface area (Å²) in [6, 6.07) is 0. The van der Waals surface area contributed by atoms with Crippen LogP contribution in [-0.2, 0) is 18.9 Å². The van der Waals surface area contributed by atoms with Gasteiger partial charge in [-0.05, 0) is 6.42 Å². The molecule has 234 valence electrons. The molecule has 0 aromatic heterocycles. The summed E-state index contributed by atoms with van der Waals surface area (Å²) in [7, 11) is 0. The van der Waals surface area contributed by atoms with Gasteiger partial charge in [0.25, 0.3) is 0 Å². The third-order valence-electron chi connectivity index (χ3n) is 7.82. The van der Waals surface area contributed by atoms with Gasteiger partial charge in [-0.1, -0.05) is 58.3 Å². The van der Waals surface area contributed by atoms with Crippen molar-refractivity contribution >= 4 is 5.84 Å². The van der Waals surface area contributed by atoms with E-state index in [9.17, 15) is 35.7 Å². The van der Waals surface area contributed by atoms with Crippen LogP contribution in [0.25, 0.3) is 0 Å². The highest BCUT2D eigenvalue weighted by atomic mass is 16.7. The number of aliphatic hydroxyl groups is 7. The van der Waals surface area contributed by atoms with Crippen LogP contribution in [0.15, 0.2) is 4.99 Å². The van der Waals surface area contributed by atoms with E-state index >= 15 is 0 Å². The SMILES string of the molecule is CCCCCCCCCCCC1=NCC(O[C@@H]2O[C@H](CO)[C@@H](O[C@@H]3O[C@H](CO)[C@H](O)[C@H](O)[C@H]3O)[C@H](O)[C@H]2O)CN1. The first-order chi connectivity index (χ1) is 19.3. The lowest BCUT2D eigenvalue weighted by Gasteiger charge is -2.46. The van der Waals surface area contributed by atoms with Crippen molar-refractivity contribution in [3.05, 3.63) is 0 Å². The van der Waals surface area contributed by atoms with Gasteiger partial charge in [0.15, 0.2) is 12.6 Å². The molecule has 3 aliphatic rings. The predicted molar refractivity (Wildman–Crippen MR) is 143 cm³/mol. The Hall–Kier alpha value is -0.970. The molecule has 1 unspecified atom stereocenters. The molecule has 0 amide bonds. The molecular weight excluding hydrogens is 528 g/mol. The Balaban J connectivity index is 1.42. The molecule has 0 saturated carbocycles. The minimum absolute atomic E-state index is 0.358. The zero-order valence-corrected chi connectivity index (χ0v) is 23.5. The molecule has 8 N–H and O–H groups in total. The van der Waals surface area contributed by atoms with E-state index in [-0.39, 0.29) is 0 Å². The highest BCUT2D eigenvalue weighted by Crippen LogP contribution is 2.30. The molecule has 0 aromatic rings. The molecule has 0 radical (unpaired) electrons. The second-order valence-electron chi connectivity index (χ2n) is 11.0. The molecule has 3 heterocycles. The van der Waals surface area contributed by atoms with Crippen LogP contribution in [0, 0.1) is 0 Å². The van der Waals surface area contributed by atoms with Crippen LogP contribution in [0.5, 0.6) is 0 Å². The maximum Gasteiger partial charge on any atom is 0.187 e. The Morgan fingerprint density at radius 2 is 1.30 bits per heavy atom. The van der Waals surface area contributed by atoms with Gasteiger partial charge in [0.05, 0.1) is 31.7 Å². The Kier molecular flexibility index (Phi) is 14.4. The molecule has 2 saturated heterocycles. The fourth-order valence-electron chi connectivity index (χ4n) is 5.28. The number of hydrogen-bond acceptors (Lipinski definition) is 13. The fraction of sp³-hybridized carbons (Fsp3) is 0.963. The van der Waals surface area contributed by atoms with E-state index in [1.807, 2.05) is 0 Å². The van der Waals surface area contributed by atoms with E-state index in [1.165, 1.54) is 51.4 Å². The van der Waals surface area contributed by atoms with Gasteiger partial charge in [0.2, 0.25) is 0 Å². The molecule has 2 fully saturated rings. The summed E-state index contributed by atoms with van der Waals surface area (Å²) in [5.74, 6) is 0.925. The molecule has 0 spiro atoms. The van der Waals surface area contributed by atoms with Crippen LogP contribution < -0.4 is 5.32 Å². The first kappa shape index (κ1) is 33.5. The highest BCUT2D eigenvalue weighted by Gasteiger charge is 2.51. The molecule has 11 atom stereocenters. The van der Waals surface area contributed by atoms with Crippen molar-refractivity contribution in [3.8, 4) is 0 Å². The molecule has 40 heavy (non-hydrogen) atoms. The highest BCUT2D eigenvalue weighted by molar-refractivity contribution is 5.82. The lowest BCUT2D eigenvalue weighted by atomic mass is 9.97. The zero-order valence-electron chi connectivity index (χ0n) is 23.5. The molecule has 13 nitrogen and oxygen atoms in total. The summed E-state index contributed by atoms with van der Waals surface area (Å²) in [6.07, 6.45) is -3.02. The molecule has 3 aliphatic heterocycles. The van der Waals surface area contributed by atoms with Crippen molar-refractivity contribution in [2.75, 3.05) is 26.3 Å². The topological polar surface area (TPSA) is 203 Å². The Morgan fingerprint density at radius 1 is 0.725 bits per heavy atom. The van der Waals surface area contributed by atoms with Crippen molar-refractivity contribution in [1.82, 2.24) is 5.32 Å². The summed E-state index contributed by atoms with van der Waals surface area (Å²) >= 11 is 0. The van der Waals surface area contributed by atoms with Gasteiger partial charge in [-0.15, -0.1) is 0 Å². The fourth-order valence-corrected chi connectivity index (χ4v) is 5.28. The number of rotatable bonds is 16. The largest absolute Gasteiger partial charge is 0.394 e. The average molecular weight is 579 g/mol. The van der Waals surface area contributed by atoms with Crippen LogP contribution in [0.4, 0.5) is 0 Å². The Morgan fingerprint density at radius 3 is 1.90 bits per heavy atom. The number of unbranched alkanes of at least 4 members (excludes halogenated alkanes) is 8. The number of nitrogens with one attached hydrogen (secondary N) is 1. The van der Waals surface area contributed by atoms with Crippen molar-refractivity contribution in [2.45, 2.75) is 139 Å². The van der Waals surface area contributed by atoms with Crippen LogP contribution in [0.2, 0.25) is 0 Å². The number of hydrogen-bond donors (Lipinski definition) is 8. The smallest absolute Gasteiger partial charge is 0.187 e. The third-order valence-corrected chi connectivity index (χ3v) is 7.82. The third kappa shape index (κ3) is 9.27. The molecule has 0 aromatic carbocycles. The average Bonchev–Trinajstić information content (AvgIpc) is 2.96. The van der Waals surface area contributed by atoms with Crippen LogP contribution in [0.1, 0.15) is 71.1 Å². The van der Waals surface area contributed by atoms with Gasteiger partial charge in [0.1, 0.15) is 48.8 Å². The summed E-state index contributed by atoms with van der Waals surface area (Å²) in [5, 5.41) is 74.2. The number of ether oxygens (including phenoxy) is 4. The lowest BCUT2D eigenvalue weighted by molar-refractivity contribution is -0.362. The molecule has 0 bridgehead atoms. The standard InChI is InChI=1S/C27H50N2O11/c1-2-3-4-5-6-7-8-9-10-11-19-28-12-16(13-29-19)37-26-24(36)22(34)25(18(15-31)39-26)40-27-23(35)21(33)20(32)17(14-30)38-27/h16-18,20-27,30-36H,2-15H2,1H3,(H,28,29)/t17-,18-,20+,21+,22-,23-,24-,25-,26-,27+/m1/s1. The van der Waals surface area contributed by atoms with Gasteiger partial charge in [-0.3, -0.25) is 4.99 Å². The molecule has 3 rings (SSSR count). The van der Waals surface area contributed by atoms with Gasteiger partial charge < -0.3 is 60.0 Å². The van der Waals surface area contributed by atoms with Crippen molar-refractivity contribution < 1.29 is 54.7 Å². The first-order valence-electron chi connectivity index (χ1n) is 14.8. The van der Waals surface area contributed by atoms with E-state index in [0.717, 1.165) is 18.7 Å².